The lowest BCUT2D eigenvalue weighted by molar-refractivity contribution is -0.384. The molecule has 1 atom stereocenters. The number of rotatable bonds is 6. The number of non-ortho nitro benzene ring substituents is 1. The zero-order valence-corrected chi connectivity index (χ0v) is 14.8. The van der Waals surface area contributed by atoms with E-state index in [0.29, 0.717) is 0 Å². The number of hydrogen-bond donors (Lipinski definition) is 1. The molecule has 2 aromatic rings. The van der Waals surface area contributed by atoms with Gasteiger partial charge in [-0.25, -0.2) is 4.39 Å². The first-order valence-electron chi connectivity index (χ1n) is 7.75. The SMILES string of the molecule is CC(C)C(NC(=O)c1ccc(Cl)cc1F)C(=O)c1ccc([N+](=O)[O-])cc1. The van der Waals surface area contributed by atoms with E-state index >= 15 is 0 Å². The molecular formula is C18H16ClFN2O4. The largest absolute Gasteiger partial charge is 0.341 e. The van der Waals surface area contributed by atoms with Crippen LogP contribution in [0.15, 0.2) is 42.5 Å². The minimum atomic E-state index is -0.918. The van der Waals surface area contributed by atoms with Crippen LogP contribution in [0, 0.1) is 21.8 Å². The highest BCUT2D eigenvalue weighted by Gasteiger charge is 2.27. The third-order valence-electron chi connectivity index (χ3n) is 3.77. The molecule has 0 heterocycles. The molecule has 1 unspecified atom stereocenters. The van der Waals surface area contributed by atoms with E-state index in [4.69, 9.17) is 11.6 Å². The number of amides is 1. The lowest BCUT2D eigenvalue weighted by atomic mass is 9.94. The van der Waals surface area contributed by atoms with E-state index in [2.05, 4.69) is 5.32 Å². The summed E-state index contributed by atoms with van der Waals surface area (Å²) in [7, 11) is 0. The lowest BCUT2D eigenvalue weighted by Gasteiger charge is -2.21. The summed E-state index contributed by atoms with van der Waals surface area (Å²) in [5, 5.41) is 13.4. The molecule has 8 heteroatoms. The topological polar surface area (TPSA) is 89.3 Å². The second-order valence-corrected chi connectivity index (χ2v) is 6.42. The molecule has 2 rings (SSSR count). The first-order chi connectivity index (χ1) is 12.2. The quantitative estimate of drug-likeness (QED) is 0.467. The summed E-state index contributed by atoms with van der Waals surface area (Å²) in [5.74, 6) is -2.23. The van der Waals surface area contributed by atoms with E-state index in [1.54, 1.807) is 13.8 Å². The lowest BCUT2D eigenvalue weighted by Crippen LogP contribution is -2.44. The molecule has 1 N–H and O–H groups in total. The standard InChI is InChI=1S/C18H16ClFN2O4/c1-10(2)16(17(23)11-3-6-13(7-4-11)22(25)26)21-18(24)14-8-5-12(19)9-15(14)20/h3-10,16H,1-2H3,(H,21,24). The third kappa shape index (κ3) is 4.43. The molecule has 0 radical (unpaired) electrons. The van der Waals surface area contributed by atoms with Gasteiger partial charge in [0.15, 0.2) is 5.78 Å². The number of benzene rings is 2. The molecule has 0 aromatic heterocycles. The summed E-state index contributed by atoms with van der Waals surface area (Å²) in [5.41, 5.74) is -0.155. The summed E-state index contributed by atoms with van der Waals surface area (Å²) in [6.07, 6.45) is 0. The van der Waals surface area contributed by atoms with Gasteiger partial charge in [0.05, 0.1) is 16.5 Å². The molecule has 136 valence electrons. The van der Waals surface area contributed by atoms with Gasteiger partial charge >= 0.3 is 0 Å². The summed E-state index contributed by atoms with van der Waals surface area (Å²) in [4.78, 5) is 35.1. The Kier molecular flexibility index (Phi) is 6.05. The number of Topliss-reactive ketones (excluding diaryl/α,β-unsaturated/α-hetero) is 1. The van der Waals surface area contributed by atoms with E-state index in [1.807, 2.05) is 0 Å². The number of ketones is 1. The summed E-state index contributed by atoms with van der Waals surface area (Å²) in [6.45, 7) is 3.46. The van der Waals surface area contributed by atoms with Gasteiger partial charge in [0.2, 0.25) is 0 Å². The van der Waals surface area contributed by atoms with Gasteiger partial charge in [-0.05, 0) is 36.2 Å². The molecule has 0 saturated heterocycles. The van der Waals surface area contributed by atoms with Crippen molar-refractivity contribution in [2.24, 2.45) is 5.92 Å². The minimum absolute atomic E-state index is 0.144. The van der Waals surface area contributed by atoms with Crippen molar-refractivity contribution in [2.45, 2.75) is 19.9 Å². The summed E-state index contributed by atoms with van der Waals surface area (Å²) < 4.78 is 13.9. The summed E-state index contributed by atoms with van der Waals surface area (Å²) >= 11 is 5.67. The fourth-order valence-electron chi connectivity index (χ4n) is 2.35. The van der Waals surface area contributed by atoms with Gasteiger partial charge in [-0.1, -0.05) is 25.4 Å². The van der Waals surface area contributed by atoms with E-state index in [9.17, 15) is 24.1 Å². The van der Waals surface area contributed by atoms with Gasteiger partial charge in [-0.3, -0.25) is 19.7 Å². The van der Waals surface area contributed by atoms with Gasteiger partial charge in [0, 0.05) is 22.7 Å². The first-order valence-corrected chi connectivity index (χ1v) is 8.13. The van der Waals surface area contributed by atoms with E-state index in [-0.39, 0.29) is 27.8 Å². The van der Waals surface area contributed by atoms with Crippen molar-refractivity contribution in [3.8, 4) is 0 Å². The van der Waals surface area contributed by atoms with Crippen LogP contribution in [0.1, 0.15) is 34.6 Å². The van der Waals surface area contributed by atoms with E-state index in [0.717, 1.165) is 6.07 Å². The van der Waals surface area contributed by atoms with Crippen LogP contribution in [0.4, 0.5) is 10.1 Å². The van der Waals surface area contributed by atoms with Gasteiger partial charge in [-0.15, -0.1) is 0 Å². The maximum absolute atomic E-state index is 13.9. The maximum atomic E-state index is 13.9. The van der Waals surface area contributed by atoms with Crippen LogP contribution in [0.5, 0.6) is 0 Å². The molecule has 26 heavy (non-hydrogen) atoms. The molecule has 6 nitrogen and oxygen atoms in total. The molecule has 0 fully saturated rings. The predicted molar refractivity (Wildman–Crippen MR) is 94.9 cm³/mol. The van der Waals surface area contributed by atoms with Crippen LogP contribution in [0.3, 0.4) is 0 Å². The Morgan fingerprint density at radius 3 is 2.27 bits per heavy atom. The highest BCUT2D eigenvalue weighted by molar-refractivity contribution is 6.30. The van der Waals surface area contributed by atoms with Crippen LogP contribution >= 0.6 is 11.6 Å². The zero-order valence-electron chi connectivity index (χ0n) is 14.0. The smallest absolute Gasteiger partial charge is 0.269 e. The predicted octanol–water partition coefficient (Wildman–Crippen LogP) is 4.02. The Bertz CT molecular complexity index is 853. The minimum Gasteiger partial charge on any atom is -0.341 e. The van der Waals surface area contributed by atoms with Crippen molar-refractivity contribution in [1.29, 1.82) is 0 Å². The number of nitrogens with one attached hydrogen (secondary N) is 1. The number of hydrogen-bond acceptors (Lipinski definition) is 4. The fourth-order valence-corrected chi connectivity index (χ4v) is 2.51. The molecular weight excluding hydrogens is 363 g/mol. The van der Waals surface area contributed by atoms with Crippen molar-refractivity contribution < 1.29 is 18.9 Å². The number of carbonyl (C=O) groups excluding carboxylic acids is 2. The molecule has 1 amide bonds. The molecule has 0 aliphatic carbocycles. The molecule has 0 saturated carbocycles. The second-order valence-electron chi connectivity index (χ2n) is 5.99. The number of carbonyl (C=O) groups is 2. The highest BCUT2D eigenvalue weighted by atomic mass is 35.5. The van der Waals surface area contributed by atoms with Gasteiger partial charge in [0.25, 0.3) is 11.6 Å². The zero-order chi connectivity index (χ0) is 19.4. The fraction of sp³-hybridized carbons (Fsp3) is 0.222. The van der Waals surface area contributed by atoms with Gasteiger partial charge < -0.3 is 5.32 Å². The highest BCUT2D eigenvalue weighted by Crippen LogP contribution is 2.18. The number of nitro groups is 1. The van der Waals surface area contributed by atoms with Crippen LogP contribution in [0.2, 0.25) is 5.02 Å². The Hall–Kier alpha value is -2.80. The molecule has 0 aliphatic heterocycles. The third-order valence-corrected chi connectivity index (χ3v) is 4.01. The Labute approximate surface area is 154 Å². The van der Waals surface area contributed by atoms with Crippen LogP contribution in [-0.2, 0) is 0 Å². The monoisotopic (exact) mass is 378 g/mol. The van der Waals surface area contributed by atoms with Crippen molar-refractivity contribution in [3.63, 3.8) is 0 Å². The van der Waals surface area contributed by atoms with Crippen molar-refractivity contribution in [3.05, 3.63) is 74.5 Å². The molecule has 2 aromatic carbocycles. The summed E-state index contributed by atoms with van der Waals surface area (Å²) in [6, 6.07) is 7.78. The number of halogens is 2. The Morgan fingerprint density at radius 2 is 1.77 bits per heavy atom. The van der Waals surface area contributed by atoms with Crippen molar-refractivity contribution in [1.82, 2.24) is 5.32 Å². The van der Waals surface area contributed by atoms with E-state index < -0.39 is 28.5 Å². The normalized spacial score (nSPS) is 11.9. The molecule has 0 bridgehead atoms. The van der Waals surface area contributed by atoms with Crippen molar-refractivity contribution >= 4 is 29.0 Å². The Balaban J connectivity index is 2.23. The van der Waals surface area contributed by atoms with E-state index in [1.165, 1.54) is 36.4 Å². The second kappa shape index (κ2) is 8.05. The average molecular weight is 379 g/mol. The number of nitro benzene ring substituents is 1. The Morgan fingerprint density at radius 1 is 1.15 bits per heavy atom. The van der Waals surface area contributed by atoms with Gasteiger partial charge in [0.1, 0.15) is 5.82 Å². The average Bonchev–Trinajstić information content (AvgIpc) is 2.58. The maximum Gasteiger partial charge on any atom is 0.269 e. The van der Waals surface area contributed by atoms with Crippen molar-refractivity contribution in [2.75, 3.05) is 0 Å². The van der Waals surface area contributed by atoms with Crippen LogP contribution < -0.4 is 5.32 Å². The van der Waals surface area contributed by atoms with Gasteiger partial charge in [-0.2, -0.15) is 0 Å². The molecule has 0 aliphatic rings. The molecule has 0 spiro atoms. The first kappa shape index (κ1) is 19.5. The van der Waals surface area contributed by atoms with Crippen LogP contribution in [0.25, 0.3) is 0 Å². The number of nitrogens with zero attached hydrogens (tertiary/aromatic N) is 1. The van der Waals surface area contributed by atoms with Crippen LogP contribution in [-0.4, -0.2) is 22.7 Å².